The van der Waals surface area contributed by atoms with E-state index >= 15 is 0 Å². The number of halogens is 1. The van der Waals surface area contributed by atoms with Crippen molar-refractivity contribution in [2.24, 2.45) is 5.92 Å². The molecule has 0 atom stereocenters. The second-order valence-electron chi connectivity index (χ2n) is 7.40. The average Bonchev–Trinajstić information content (AvgIpc) is 3.16. The highest BCUT2D eigenvalue weighted by Gasteiger charge is 2.23. The van der Waals surface area contributed by atoms with Crippen LogP contribution in [0.3, 0.4) is 0 Å². The molecule has 1 aromatic rings. The molecule has 0 spiro atoms. The van der Waals surface area contributed by atoms with E-state index in [9.17, 15) is 14.0 Å². The number of nitrogens with zero attached hydrogens (tertiary/aromatic N) is 2. The number of rotatable bonds is 6. The van der Waals surface area contributed by atoms with Crippen molar-refractivity contribution < 1.29 is 14.0 Å². The molecule has 2 amide bonds. The fraction of sp³-hybridized carbons (Fsp3) is 0.600. The number of anilines is 1. The van der Waals surface area contributed by atoms with Crippen LogP contribution in [0.25, 0.3) is 0 Å². The molecule has 1 aliphatic heterocycles. The van der Waals surface area contributed by atoms with E-state index in [2.05, 4.69) is 10.2 Å². The lowest BCUT2D eigenvalue weighted by molar-refractivity contribution is -0.133. The van der Waals surface area contributed by atoms with E-state index < -0.39 is 0 Å². The van der Waals surface area contributed by atoms with E-state index in [1.165, 1.54) is 37.8 Å². The fourth-order valence-electron chi connectivity index (χ4n) is 3.88. The molecule has 0 radical (unpaired) electrons. The monoisotopic (exact) mass is 361 g/mol. The van der Waals surface area contributed by atoms with Crippen molar-refractivity contribution in [2.75, 3.05) is 38.0 Å². The number of carbonyl (C=O) groups is 2. The van der Waals surface area contributed by atoms with Gasteiger partial charge in [0.1, 0.15) is 5.82 Å². The first-order valence-corrected chi connectivity index (χ1v) is 9.66. The van der Waals surface area contributed by atoms with Gasteiger partial charge in [-0.2, -0.15) is 0 Å². The summed E-state index contributed by atoms with van der Waals surface area (Å²) in [4.78, 5) is 28.4. The zero-order valence-corrected chi connectivity index (χ0v) is 15.3. The Morgan fingerprint density at radius 1 is 1.04 bits per heavy atom. The Morgan fingerprint density at radius 3 is 2.35 bits per heavy atom. The summed E-state index contributed by atoms with van der Waals surface area (Å²) in [6.45, 7) is 3.10. The molecule has 5 nitrogen and oxygen atoms in total. The third kappa shape index (κ3) is 5.53. The van der Waals surface area contributed by atoms with Crippen LogP contribution in [0.1, 0.15) is 38.5 Å². The predicted octanol–water partition coefficient (Wildman–Crippen LogP) is 2.88. The van der Waals surface area contributed by atoms with Crippen LogP contribution >= 0.6 is 0 Å². The maximum Gasteiger partial charge on any atom is 0.238 e. The van der Waals surface area contributed by atoms with Crippen LogP contribution < -0.4 is 5.32 Å². The minimum Gasteiger partial charge on any atom is -0.340 e. The summed E-state index contributed by atoms with van der Waals surface area (Å²) in [5.74, 6) is 0.567. The van der Waals surface area contributed by atoms with Gasteiger partial charge >= 0.3 is 0 Å². The number of nitrogens with one attached hydrogen (secondary N) is 1. The van der Waals surface area contributed by atoms with E-state index in [1.807, 2.05) is 4.90 Å². The van der Waals surface area contributed by atoms with Gasteiger partial charge < -0.3 is 10.2 Å². The molecule has 6 heteroatoms. The van der Waals surface area contributed by atoms with E-state index in [0.717, 1.165) is 12.3 Å². The summed E-state index contributed by atoms with van der Waals surface area (Å²) in [6, 6.07) is 5.75. The zero-order chi connectivity index (χ0) is 18.4. The first-order chi connectivity index (χ1) is 12.6. The molecule has 1 heterocycles. The Bertz CT molecular complexity index is 606. The van der Waals surface area contributed by atoms with Crippen LogP contribution in [-0.2, 0) is 9.59 Å². The van der Waals surface area contributed by atoms with Gasteiger partial charge in [0.2, 0.25) is 11.8 Å². The summed E-state index contributed by atoms with van der Waals surface area (Å²) in [7, 11) is 0. The highest BCUT2D eigenvalue weighted by atomic mass is 19.1. The molecule has 3 rings (SSSR count). The molecule has 142 valence electrons. The summed E-state index contributed by atoms with van der Waals surface area (Å²) in [5, 5.41) is 2.77. The Morgan fingerprint density at radius 2 is 1.69 bits per heavy atom. The van der Waals surface area contributed by atoms with E-state index in [0.29, 0.717) is 44.8 Å². The van der Waals surface area contributed by atoms with Gasteiger partial charge in [0.15, 0.2) is 0 Å². The molecule has 0 aromatic heterocycles. The summed E-state index contributed by atoms with van der Waals surface area (Å²) >= 11 is 0. The molecular weight excluding hydrogens is 333 g/mol. The number of benzene rings is 1. The van der Waals surface area contributed by atoms with Crippen LogP contribution in [0.15, 0.2) is 24.3 Å². The van der Waals surface area contributed by atoms with Gasteiger partial charge in [-0.25, -0.2) is 4.39 Å². The number of piperazine rings is 1. The molecule has 2 fully saturated rings. The molecular formula is C20H28FN3O2. The predicted molar refractivity (Wildman–Crippen MR) is 99.2 cm³/mol. The second-order valence-corrected chi connectivity index (χ2v) is 7.40. The lowest BCUT2D eigenvalue weighted by Gasteiger charge is -2.34. The van der Waals surface area contributed by atoms with Gasteiger partial charge in [-0.15, -0.1) is 0 Å². The second kappa shape index (κ2) is 9.12. The molecule has 1 saturated carbocycles. The maximum absolute atomic E-state index is 12.9. The summed E-state index contributed by atoms with van der Waals surface area (Å²) in [5.41, 5.74) is 0.595. The quantitative estimate of drug-likeness (QED) is 0.848. The van der Waals surface area contributed by atoms with Gasteiger partial charge in [0, 0.05) is 38.3 Å². The first kappa shape index (κ1) is 18.8. The van der Waals surface area contributed by atoms with Crippen molar-refractivity contribution in [3.8, 4) is 0 Å². The van der Waals surface area contributed by atoms with Gasteiger partial charge in [-0.1, -0.05) is 25.7 Å². The molecule has 26 heavy (non-hydrogen) atoms. The number of amides is 2. The summed E-state index contributed by atoms with van der Waals surface area (Å²) < 4.78 is 12.9. The lowest BCUT2D eigenvalue weighted by Crippen LogP contribution is -2.50. The standard InChI is InChI=1S/C20H28FN3O2/c21-17-6-8-18(9-7-17)22-19(25)15-23-11-13-24(14-12-23)20(26)10-5-16-3-1-2-4-16/h6-9,16H,1-5,10-15H2,(H,22,25). The highest BCUT2D eigenvalue weighted by Crippen LogP contribution is 2.28. The number of hydrogen-bond acceptors (Lipinski definition) is 3. The minimum absolute atomic E-state index is 0.113. The normalized spacial score (nSPS) is 18.9. The Kier molecular flexibility index (Phi) is 6.61. The maximum atomic E-state index is 12.9. The topological polar surface area (TPSA) is 52.7 Å². The lowest BCUT2D eigenvalue weighted by atomic mass is 10.0. The van der Waals surface area contributed by atoms with Crippen molar-refractivity contribution >= 4 is 17.5 Å². The molecule has 1 saturated heterocycles. The Hall–Kier alpha value is -1.95. The van der Waals surface area contributed by atoms with Crippen molar-refractivity contribution in [1.82, 2.24) is 9.80 Å². The minimum atomic E-state index is -0.322. The van der Waals surface area contributed by atoms with Crippen molar-refractivity contribution in [2.45, 2.75) is 38.5 Å². The smallest absolute Gasteiger partial charge is 0.238 e. The molecule has 0 bridgehead atoms. The van der Waals surface area contributed by atoms with E-state index in [4.69, 9.17) is 0 Å². The third-order valence-electron chi connectivity index (χ3n) is 5.46. The highest BCUT2D eigenvalue weighted by molar-refractivity contribution is 5.92. The van der Waals surface area contributed by atoms with Gasteiger partial charge in [0.25, 0.3) is 0 Å². The van der Waals surface area contributed by atoms with Crippen LogP contribution in [-0.4, -0.2) is 54.3 Å². The summed E-state index contributed by atoms with van der Waals surface area (Å²) in [6.07, 6.45) is 6.89. The van der Waals surface area contributed by atoms with E-state index in [-0.39, 0.29) is 17.6 Å². The Labute approximate surface area is 154 Å². The largest absolute Gasteiger partial charge is 0.340 e. The van der Waals surface area contributed by atoms with Crippen molar-refractivity contribution in [3.05, 3.63) is 30.1 Å². The molecule has 1 aromatic carbocycles. The van der Waals surface area contributed by atoms with Crippen molar-refractivity contribution in [1.29, 1.82) is 0 Å². The van der Waals surface area contributed by atoms with Crippen LogP contribution in [0.5, 0.6) is 0 Å². The first-order valence-electron chi connectivity index (χ1n) is 9.66. The van der Waals surface area contributed by atoms with Gasteiger partial charge in [-0.3, -0.25) is 14.5 Å². The molecule has 0 unspecified atom stereocenters. The SMILES string of the molecule is O=C(CN1CCN(C(=O)CCC2CCCC2)CC1)Nc1ccc(F)cc1. The van der Waals surface area contributed by atoms with Gasteiger partial charge in [-0.05, 0) is 36.6 Å². The van der Waals surface area contributed by atoms with E-state index in [1.54, 1.807) is 12.1 Å². The molecule has 1 N–H and O–H groups in total. The molecule has 1 aliphatic carbocycles. The van der Waals surface area contributed by atoms with Crippen LogP contribution in [0.4, 0.5) is 10.1 Å². The van der Waals surface area contributed by atoms with Crippen molar-refractivity contribution in [3.63, 3.8) is 0 Å². The average molecular weight is 361 g/mol. The van der Waals surface area contributed by atoms with Crippen LogP contribution in [0.2, 0.25) is 0 Å². The fourth-order valence-corrected chi connectivity index (χ4v) is 3.88. The Balaban J connectivity index is 1.35. The van der Waals surface area contributed by atoms with Crippen LogP contribution in [0, 0.1) is 11.7 Å². The number of carbonyl (C=O) groups excluding carboxylic acids is 2. The third-order valence-corrected chi connectivity index (χ3v) is 5.46. The number of hydrogen-bond donors (Lipinski definition) is 1. The zero-order valence-electron chi connectivity index (χ0n) is 15.3. The molecule has 2 aliphatic rings. The van der Waals surface area contributed by atoms with Gasteiger partial charge in [0.05, 0.1) is 6.54 Å².